The number of thiazole rings is 1. The van der Waals surface area contributed by atoms with Crippen molar-refractivity contribution < 1.29 is 14.3 Å². The Kier molecular flexibility index (Phi) is 6.84. The minimum absolute atomic E-state index is 0.107. The number of carbonyl (C=O) groups excluding carboxylic acids is 2. The number of para-hydroxylation sites is 1. The largest absolute Gasteiger partial charge is 0.466 e. The lowest BCUT2D eigenvalue weighted by atomic mass is 10.0. The van der Waals surface area contributed by atoms with Crippen molar-refractivity contribution in [1.29, 1.82) is 0 Å². The fraction of sp³-hybridized carbons (Fsp3) is 0.250. The maximum Gasteiger partial charge on any atom is 0.308 e. The number of fused-ring (bicyclic) bond motifs is 1. The Morgan fingerprint density at radius 3 is 2.63 bits per heavy atom. The quantitative estimate of drug-likeness (QED) is 0.453. The third kappa shape index (κ3) is 5.55. The molecule has 0 aliphatic rings. The van der Waals surface area contributed by atoms with Crippen LogP contribution in [-0.2, 0) is 14.3 Å². The molecule has 1 amide bonds. The Labute approximate surface area is 166 Å². The van der Waals surface area contributed by atoms with Gasteiger partial charge in [0.15, 0.2) is 4.34 Å². The molecule has 27 heavy (non-hydrogen) atoms. The lowest BCUT2D eigenvalue weighted by Crippen LogP contribution is -2.31. The van der Waals surface area contributed by atoms with Crippen molar-refractivity contribution in [2.45, 2.75) is 23.7 Å². The van der Waals surface area contributed by atoms with Gasteiger partial charge < -0.3 is 10.1 Å². The number of hydrogen-bond donors (Lipinski definition) is 1. The summed E-state index contributed by atoms with van der Waals surface area (Å²) in [7, 11) is 0. The lowest BCUT2D eigenvalue weighted by Gasteiger charge is -2.18. The number of ether oxygens (including phenoxy) is 1. The SMILES string of the molecule is CCOC(=O)CC(NC(=O)CSc1nc2ccccc2s1)c1ccccc1. The Bertz CT molecular complexity index is 879. The number of rotatable bonds is 8. The molecular weight excluding hydrogens is 380 g/mol. The smallest absolute Gasteiger partial charge is 0.308 e. The number of hydrogen-bond acceptors (Lipinski definition) is 6. The third-order valence-corrected chi connectivity index (χ3v) is 5.99. The second-order valence-corrected chi connectivity index (χ2v) is 8.03. The van der Waals surface area contributed by atoms with Gasteiger partial charge in [-0.15, -0.1) is 11.3 Å². The van der Waals surface area contributed by atoms with E-state index in [0.717, 1.165) is 20.1 Å². The molecule has 1 N–H and O–H groups in total. The van der Waals surface area contributed by atoms with E-state index in [0.29, 0.717) is 6.61 Å². The van der Waals surface area contributed by atoms with Crippen LogP contribution < -0.4 is 5.32 Å². The predicted octanol–water partition coefficient (Wildman–Crippen LogP) is 4.20. The van der Waals surface area contributed by atoms with E-state index in [4.69, 9.17) is 4.74 Å². The van der Waals surface area contributed by atoms with Gasteiger partial charge in [-0.05, 0) is 24.6 Å². The molecule has 2 aromatic carbocycles. The summed E-state index contributed by atoms with van der Waals surface area (Å²) in [5.74, 6) is -0.228. The Morgan fingerprint density at radius 2 is 1.89 bits per heavy atom. The van der Waals surface area contributed by atoms with Gasteiger partial charge in [0.1, 0.15) is 0 Å². The average molecular weight is 401 g/mol. The Hall–Kier alpha value is -2.38. The van der Waals surface area contributed by atoms with Crippen LogP contribution >= 0.6 is 23.1 Å². The molecule has 3 aromatic rings. The highest BCUT2D eigenvalue weighted by Gasteiger charge is 2.19. The van der Waals surface area contributed by atoms with Crippen LogP contribution in [0.1, 0.15) is 24.9 Å². The summed E-state index contributed by atoms with van der Waals surface area (Å²) in [5.41, 5.74) is 1.82. The molecule has 0 saturated carbocycles. The molecule has 1 aromatic heterocycles. The van der Waals surface area contributed by atoms with Crippen molar-refractivity contribution in [2.75, 3.05) is 12.4 Å². The van der Waals surface area contributed by atoms with Gasteiger partial charge in [0.2, 0.25) is 5.91 Å². The van der Waals surface area contributed by atoms with Crippen LogP contribution in [0.4, 0.5) is 0 Å². The molecule has 1 heterocycles. The molecule has 0 aliphatic carbocycles. The van der Waals surface area contributed by atoms with Gasteiger partial charge in [0, 0.05) is 0 Å². The van der Waals surface area contributed by atoms with Crippen LogP contribution in [0.25, 0.3) is 10.2 Å². The first-order valence-corrected chi connectivity index (χ1v) is 10.4. The molecule has 140 valence electrons. The number of carbonyl (C=O) groups is 2. The second kappa shape index (κ2) is 9.53. The van der Waals surface area contributed by atoms with Crippen LogP contribution in [0.2, 0.25) is 0 Å². The minimum Gasteiger partial charge on any atom is -0.466 e. The molecule has 0 fully saturated rings. The molecule has 0 spiro atoms. The number of benzene rings is 2. The molecule has 7 heteroatoms. The highest BCUT2D eigenvalue weighted by Crippen LogP contribution is 2.29. The molecule has 1 atom stereocenters. The number of esters is 1. The Balaban J connectivity index is 1.62. The van der Waals surface area contributed by atoms with Gasteiger partial charge in [-0.1, -0.05) is 54.2 Å². The van der Waals surface area contributed by atoms with E-state index < -0.39 is 6.04 Å². The molecule has 1 unspecified atom stereocenters. The second-order valence-electron chi connectivity index (χ2n) is 5.78. The fourth-order valence-corrected chi connectivity index (χ4v) is 4.48. The summed E-state index contributed by atoms with van der Waals surface area (Å²) in [6.45, 7) is 2.09. The van der Waals surface area contributed by atoms with E-state index in [1.54, 1.807) is 18.3 Å². The van der Waals surface area contributed by atoms with Crippen molar-refractivity contribution in [3.63, 3.8) is 0 Å². The van der Waals surface area contributed by atoms with Crippen molar-refractivity contribution in [3.05, 3.63) is 60.2 Å². The molecule has 0 radical (unpaired) electrons. The number of nitrogens with zero attached hydrogens (tertiary/aromatic N) is 1. The number of thioether (sulfide) groups is 1. The highest BCUT2D eigenvalue weighted by molar-refractivity contribution is 8.01. The summed E-state index contributed by atoms with van der Waals surface area (Å²) in [4.78, 5) is 28.9. The zero-order valence-corrected chi connectivity index (χ0v) is 16.5. The van der Waals surface area contributed by atoms with Crippen LogP contribution in [0, 0.1) is 0 Å². The maximum absolute atomic E-state index is 12.4. The normalized spacial score (nSPS) is 11.9. The standard InChI is InChI=1S/C20H20N2O3S2/c1-2-25-19(24)12-16(14-8-4-3-5-9-14)21-18(23)13-26-20-22-15-10-6-7-11-17(15)27-20/h3-11,16H,2,12-13H2,1H3,(H,21,23). The summed E-state index contributed by atoms with van der Waals surface area (Å²) < 4.78 is 6.99. The molecule has 0 aliphatic heterocycles. The van der Waals surface area contributed by atoms with E-state index in [2.05, 4.69) is 10.3 Å². The minimum atomic E-state index is -0.409. The zero-order valence-electron chi connectivity index (χ0n) is 14.9. The summed E-state index contributed by atoms with van der Waals surface area (Å²) in [6.07, 6.45) is 0.107. The van der Waals surface area contributed by atoms with Gasteiger partial charge in [-0.2, -0.15) is 0 Å². The molecule has 3 rings (SSSR count). The van der Waals surface area contributed by atoms with Gasteiger partial charge in [0.05, 0.1) is 35.0 Å². The van der Waals surface area contributed by atoms with E-state index in [-0.39, 0.29) is 24.1 Å². The van der Waals surface area contributed by atoms with Crippen LogP contribution in [-0.4, -0.2) is 29.2 Å². The van der Waals surface area contributed by atoms with Crippen LogP contribution in [0.3, 0.4) is 0 Å². The summed E-state index contributed by atoms with van der Waals surface area (Å²) >= 11 is 2.97. The van der Waals surface area contributed by atoms with E-state index >= 15 is 0 Å². The monoisotopic (exact) mass is 400 g/mol. The topological polar surface area (TPSA) is 68.3 Å². The maximum atomic E-state index is 12.4. The van der Waals surface area contributed by atoms with Crippen molar-refractivity contribution in [1.82, 2.24) is 10.3 Å². The van der Waals surface area contributed by atoms with Crippen molar-refractivity contribution >= 4 is 45.2 Å². The highest BCUT2D eigenvalue weighted by atomic mass is 32.2. The first kappa shape index (κ1) is 19.4. The number of aromatic nitrogens is 1. The van der Waals surface area contributed by atoms with E-state index in [1.807, 2.05) is 54.6 Å². The van der Waals surface area contributed by atoms with Crippen LogP contribution in [0.5, 0.6) is 0 Å². The number of amides is 1. The Morgan fingerprint density at radius 1 is 1.15 bits per heavy atom. The van der Waals surface area contributed by atoms with Gasteiger partial charge in [0.25, 0.3) is 0 Å². The zero-order chi connectivity index (χ0) is 19.1. The summed E-state index contributed by atoms with van der Waals surface area (Å²) in [5, 5.41) is 2.94. The summed E-state index contributed by atoms with van der Waals surface area (Å²) in [6, 6.07) is 16.9. The van der Waals surface area contributed by atoms with Crippen LogP contribution in [0.15, 0.2) is 58.9 Å². The van der Waals surface area contributed by atoms with Crippen molar-refractivity contribution in [2.24, 2.45) is 0 Å². The third-order valence-electron chi connectivity index (χ3n) is 3.81. The predicted molar refractivity (Wildman–Crippen MR) is 109 cm³/mol. The first-order chi connectivity index (χ1) is 13.2. The molecule has 0 saturated heterocycles. The van der Waals surface area contributed by atoms with E-state index in [1.165, 1.54) is 11.8 Å². The molecule has 0 bridgehead atoms. The molecular formula is C20H20N2O3S2. The number of nitrogens with one attached hydrogen (secondary N) is 1. The lowest BCUT2D eigenvalue weighted by molar-refractivity contribution is -0.143. The van der Waals surface area contributed by atoms with Gasteiger partial charge >= 0.3 is 5.97 Å². The average Bonchev–Trinajstić information content (AvgIpc) is 3.10. The van der Waals surface area contributed by atoms with Gasteiger partial charge in [-0.3, -0.25) is 9.59 Å². The molecule has 5 nitrogen and oxygen atoms in total. The first-order valence-electron chi connectivity index (χ1n) is 8.64. The fourth-order valence-electron chi connectivity index (χ4n) is 2.60. The van der Waals surface area contributed by atoms with Gasteiger partial charge in [-0.25, -0.2) is 4.98 Å². The van der Waals surface area contributed by atoms with E-state index in [9.17, 15) is 9.59 Å². The van der Waals surface area contributed by atoms with Crippen molar-refractivity contribution in [3.8, 4) is 0 Å².